The monoisotopic (exact) mass is 556 g/mol. The van der Waals surface area contributed by atoms with E-state index in [2.05, 4.69) is 33.7 Å². The summed E-state index contributed by atoms with van der Waals surface area (Å²) in [5.41, 5.74) is 4.39. The Hall–Kier alpha value is -2.82. The number of hydrogen-bond acceptors (Lipinski definition) is 5. The van der Waals surface area contributed by atoms with Crippen LogP contribution >= 0.6 is 0 Å². The third-order valence-electron chi connectivity index (χ3n) is 8.07. The van der Waals surface area contributed by atoms with Gasteiger partial charge in [0.2, 0.25) is 21.8 Å². The minimum absolute atomic E-state index is 0.109. The number of rotatable bonds is 7. The smallest absolute Gasteiger partial charge is 0.243 e. The second-order valence-corrected chi connectivity index (χ2v) is 12.8. The molecular formula is C29H37FN4O4S. The number of sulfonamides is 1. The van der Waals surface area contributed by atoms with Crippen LogP contribution in [-0.4, -0.2) is 67.8 Å². The van der Waals surface area contributed by atoms with Crippen molar-refractivity contribution in [3.63, 3.8) is 0 Å². The fraction of sp³-hybridized carbons (Fsp3) is 0.517. The lowest BCUT2D eigenvalue weighted by Crippen LogP contribution is -2.58. The Morgan fingerprint density at radius 1 is 1.08 bits per heavy atom. The number of aryl methyl sites for hydroxylation is 2. The molecule has 10 heteroatoms. The van der Waals surface area contributed by atoms with Gasteiger partial charge in [0, 0.05) is 32.7 Å². The first-order valence-corrected chi connectivity index (χ1v) is 15.3. The van der Waals surface area contributed by atoms with E-state index in [4.69, 9.17) is 0 Å². The van der Waals surface area contributed by atoms with Gasteiger partial charge in [-0.3, -0.25) is 14.5 Å². The number of piperidine rings is 1. The summed E-state index contributed by atoms with van der Waals surface area (Å²) in [7, 11) is -3.94. The standard InChI is InChI=1S/C29H37FN4O4S/c1-20-5-8-24(9-6-20)39(37,38)34-16-13-31-29(36)27(34)18-28(35)32-26-4-2-3-22-17-21(7-10-25(22)26)19-33-14-11-23(30)12-15-33/h5-10,17,23,26-27H,2-4,11-16,18-19H2,1H3,(H,31,36)(H,32,35)/t26-,27?/m1/s1. The number of alkyl halides is 1. The summed E-state index contributed by atoms with van der Waals surface area (Å²) < 4.78 is 41.4. The molecule has 0 aromatic heterocycles. The second-order valence-electron chi connectivity index (χ2n) is 10.9. The minimum Gasteiger partial charge on any atom is -0.353 e. The fourth-order valence-corrected chi connectivity index (χ4v) is 7.47. The average Bonchev–Trinajstić information content (AvgIpc) is 2.91. The van der Waals surface area contributed by atoms with Crippen LogP contribution in [0.1, 0.15) is 60.4 Å². The van der Waals surface area contributed by atoms with Crippen LogP contribution in [0.2, 0.25) is 0 Å². The molecule has 0 saturated carbocycles. The van der Waals surface area contributed by atoms with Gasteiger partial charge in [0.15, 0.2) is 0 Å². The third kappa shape index (κ3) is 6.34. The zero-order valence-electron chi connectivity index (χ0n) is 22.4. The molecule has 3 aliphatic rings. The Labute approximate surface area is 230 Å². The average molecular weight is 557 g/mol. The lowest BCUT2D eigenvalue weighted by atomic mass is 9.86. The first-order chi connectivity index (χ1) is 18.7. The van der Waals surface area contributed by atoms with Crippen molar-refractivity contribution in [3.8, 4) is 0 Å². The number of carbonyl (C=O) groups is 2. The largest absolute Gasteiger partial charge is 0.353 e. The molecule has 8 nitrogen and oxygen atoms in total. The van der Waals surface area contributed by atoms with Gasteiger partial charge in [-0.05, 0) is 67.9 Å². The molecule has 2 fully saturated rings. The van der Waals surface area contributed by atoms with Crippen LogP contribution in [0.3, 0.4) is 0 Å². The van der Waals surface area contributed by atoms with Crippen molar-refractivity contribution in [2.45, 2.75) is 75.1 Å². The van der Waals surface area contributed by atoms with Crippen molar-refractivity contribution in [1.29, 1.82) is 0 Å². The number of benzene rings is 2. The SMILES string of the molecule is Cc1ccc(S(=O)(=O)N2CCNC(=O)C2CC(=O)N[C@@H]2CCCc3cc(CN4CCC(F)CC4)ccc32)cc1. The predicted molar refractivity (Wildman–Crippen MR) is 146 cm³/mol. The highest BCUT2D eigenvalue weighted by atomic mass is 32.2. The highest BCUT2D eigenvalue weighted by Crippen LogP contribution is 2.31. The maximum atomic E-state index is 13.5. The van der Waals surface area contributed by atoms with Crippen molar-refractivity contribution in [2.75, 3.05) is 26.2 Å². The molecule has 0 radical (unpaired) electrons. The lowest BCUT2D eigenvalue weighted by Gasteiger charge is -2.34. The molecule has 39 heavy (non-hydrogen) atoms. The molecule has 2 aromatic rings. The van der Waals surface area contributed by atoms with E-state index in [9.17, 15) is 22.4 Å². The van der Waals surface area contributed by atoms with Crippen molar-refractivity contribution in [3.05, 3.63) is 64.7 Å². The van der Waals surface area contributed by atoms with Crippen LogP contribution in [0.5, 0.6) is 0 Å². The molecule has 0 bridgehead atoms. The molecular weight excluding hydrogens is 519 g/mol. The number of amides is 2. The van der Waals surface area contributed by atoms with Crippen LogP contribution in [0.4, 0.5) is 4.39 Å². The normalized spacial score (nSPS) is 23.2. The zero-order valence-corrected chi connectivity index (χ0v) is 23.2. The highest BCUT2D eigenvalue weighted by Gasteiger charge is 2.40. The van der Waals surface area contributed by atoms with Crippen LogP contribution in [-0.2, 0) is 32.6 Å². The molecule has 1 unspecified atom stereocenters. The summed E-state index contributed by atoms with van der Waals surface area (Å²) in [5, 5.41) is 5.79. The summed E-state index contributed by atoms with van der Waals surface area (Å²) in [5.74, 6) is -0.810. The summed E-state index contributed by atoms with van der Waals surface area (Å²) in [6, 6.07) is 11.5. The summed E-state index contributed by atoms with van der Waals surface area (Å²) in [6.07, 6.45) is 2.87. The van der Waals surface area contributed by atoms with E-state index >= 15 is 0 Å². The van der Waals surface area contributed by atoms with E-state index in [1.165, 1.54) is 23.3 Å². The quantitative estimate of drug-likeness (QED) is 0.547. The Kier molecular flexibility index (Phi) is 8.35. The number of fused-ring (bicyclic) bond motifs is 1. The molecule has 0 spiro atoms. The van der Waals surface area contributed by atoms with Gasteiger partial charge in [0.25, 0.3) is 0 Å². The molecule has 2 N–H and O–H groups in total. The maximum absolute atomic E-state index is 13.5. The molecule has 2 amide bonds. The Bertz CT molecular complexity index is 1310. The van der Waals surface area contributed by atoms with Gasteiger partial charge in [-0.1, -0.05) is 35.9 Å². The topological polar surface area (TPSA) is 98.8 Å². The number of hydrogen-bond donors (Lipinski definition) is 2. The summed E-state index contributed by atoms with van der Waals surface area (Å²) >= 11 is 0. The van der Waals surface area contributed by atoms with Crippen molar-refractivity contribution in [2.24, 2.45) is 0 Å². The van der Waals surface area contributed by atoms with Crippen LogP contribution in [0.25, 0.3) is 0 Å². The maximum Gasteiger partial charge on any atom is 0.243 e. The lowest BCUT2D eigenvalue weighted by molar-refractivity contribution is -0.132. The molecule has 2 heterocycles. The Morgan fingerprint density at radius 3 is 2.56 bits per heavy atom. The van der Waals surface area contributed by atoms with E-state index in [0.29, 0.717) is 12.8 Å². The number of likely N-dealkylation sites (tertiary alicyclic amines) is 1. The van der Waals surface area contributed by atoms with Gasteiger partial charge in [-0.15, -0.1) is 0 Å². The molecule has 1 aliphatic carbocycles. The van der Waals surface area contributed by atoms with E-state index in [1.807, 2.05) is 6.92 Å². The van der Waals surface area contributed by atoms with Crippen LogP contribution < -0.4 is 10.6 Å². The molecule has 2 aromatic carbocycles. The van der Waals surface area contributed by atoms with Gasteiger partial charge in [0.05, 0.1) is 17.4 Å². The van der Waals surface area contributed by atoms with Crippen molar-refractivity contribution in [1.82, 2.24) is 19.8 Å². The number of piperazine rings is 1. The molecule has 210 valence electrons. The summed E-state index contributed by atoms with van der Waals surface area (Å²) in [6.45, 7) is 4.51. The van der Waals surface area contributed by atoms with Gasteiger partial charge in [-0.25, -0.2) is 12.8 Å². The number of carbonyl (C=O) groups excluding carboxylic acids is 2. The number of nitrogens with zero attached hydrogens (tertiary/aromatic N) is 2. The first-order valence-electron chi connectivity index (χ1n) is 13.8. The van der Waals surface area contributed by atoms with E-state index < -0.39 is 28.1 Å². The van der Waals surface area contributed by atoms with Gasteiger partial charge >= 0.3 is 0 Å². The van der Waals surface area contributed by atoms with Crippen LogP contribution in [0.15, 0.2) is 47.4 Å². The van der Waals surface area contributed by atoms with Gasteiger partial charge in [-0.2, -0.15) is 4.31 Å². The molecule has 5 rings (SSSR count). The predicted octanol–water partition coefficient (Wildman–Crippen LogP) is 3.00. The van der Waals surface area contributed by atoms with E-state index in [-0.39, 0.29) is 36.4 Å². The van der Waals surface area contributed by atoms with E-state index in [0.717, 1.165) is 54.3 Å². The second kappa shape index (κ2) is 11.7. The Morgan fingerprint density at radius 2 is 1.82 bits per heavy atom. The molecule has 2 saturated heterocycles. The summed E-state index contributed by atoms with van der Waals surface area (Å²) in [4.78, 5) is 28.3. The van der Waals surface area contributed by atoms with Gasteiger partial charge in [0.1, 0.15) is 12.2 Å². The molecule has 2 aliphatic heterocycles. The van der Waals surface area contributed by atoms with Crippen molar-refractivity contribution < 1.29 is 22.4 Å². The fourth-order valence-electron chi connectivity index (χ4n) is 5.88. The number of nitrogens with one attached hydrogen (secondary N) is 2. The van der Waals surface area contributed by atoms with Gasteiger partial charge < -0.3 is 10.6 Å². The zero-order chi connectivity index (χ0) is 27.6. The van der Waals surface area contributed by atoms with E-state index in [1.54, 1.807) is 12.1 Å². The van der Waals surface area contributed by atoms with Crippen molar-refractivity contribution >= 4 is 21.8 Å². The number of halogens is 1. The first kappa shape index (κ1) is 27.7. The minimum atomic E-state index is -3.94. The highest BCUT2D eigenvalue weighted by molar-refractivity contribution is 7.89. The van der Waals surface area contributed by atoms with Crippen LogP contribution in [0, 0.1) is 6.92 Å². The Balaban J connectivity index is 1.26. The molecule has 2 atom stereocenters. The third-order valence-corrected chi connectivity index (χ3v) is 9.99.